The lowest BCUT2D eigenvalue weighted by molar-refractivity contribution is 0.0943. The lowest BCUT2D eigenvalue weighted by Crippen LogP contribution is -2.29. The van der Waals surface area contributed by atoms with Gasteiger partial charge in [-0.15, -0.1) is 0 Å². The molecule has 1 saturated heterocycles. The van der Waals surface area contributed by atoms with Crippen molar-refractivity contribution in [2.24, 2.45) is 0 Å². The second-order valence-electron chi connectivity index (χ2n) is 6.84. The molecule has 0 spiro atoms. The molecular weight excluding hydrogens is 348 g/mol. The second-order valence-corrected chi connectivity index (χ2v) is 8.78. The van der Waals surface area contributed by atoms with Gasteiger partial charge in [-0.05, 0) is 62.1 Å². The summed E-state index contributed by atoms with van der Waals surface area (Å²) < 4.78 is 26.7. The van der Waals surface area contributed by atoms with Crippen molar-refractivity contribution in [2.75, 3.05) is 13.1 Å². The van der Waals surface area contributed by atoms with E-state index in [9.17, 15) is 13.2 Å². The number of amides is 1. The topological polar surface area (TPSA) is 66.5 Å². The highest BCUT2D eigenvalue weighted by atomic mass is 32.2. The molecule has 1 aliphatic heterocycles. The highest BCUT2D eigenvalue weighted by molar-refractivity contribution is 7.89. The Morgan fingerprint density at radius 2 is 1.42 bits per heavy atom. The largest absolute Gasteiger partial charge is 0.350 e. The Hall–Kier alpha value is -2.18. The van der Waals surface area contributed by atoms with Crippen LogP contribution in [0.2, 0.25) is 0 Å². The Morgan fingerprint density at radius 3 is 1.92 bits per heavy atom. The predicted octanol–water partition coefficient (Wildman–Crippen LogP) is 3.28. The van der Waals surface area contributed by atoms with Gasteiger partial charge in [-0.1, -0.05) is 24.3 Å². The molecule has 26 heavy (non-hydrogen) atoms. The smallest absolute Gasteiger partial charge is 0.251 e. The van der Waals surface area contributed by atoms with E-state index in [1.165, 1.54) is 0 Å². The van der Waals surface area contributed by atoms with Gasteiger partial charge in [-0.2, -0.15) is 4.31 Å². The zero-order chi connectivity index (χ0) is 18.7. The van der Waals surface area contributed by atoms with Crippen molar-refractivity contribution in [2.45, 2.75) is 37.6 Å². The fraction of sp³-hybridized carbons (Fsp3) is 0.350. The van der Waals surface area contributed by atoms with Gasteiger partial charge >= 0.3 is 0 Å². The SMILES string of the molecule is CC(C)NC(=O)c1ccc(-c2ccc(S(=O)(=O)N3CCCC3)cc2)cc1. The Kier molecular flexibility index (Phi) is 5.44. The van der Waals surface area contributed by atoms with Gasteiger partial charge in [0, 0.05) is 24.7 Å². The van der Waals surface area contributed by atoms with Crippen LogP contribution < -0.4 is 5.32 Å². The fourth-order valence-corrected chi connectivity index (χ4v) is 4.57. The molecule has 0 aliphatic carbocycles. The first-order chi connectivity index (χ1) is 12.4. The van der Waals surface area contributed by atoms with Crippen LogP contribution in [0.3, 0.4) is 0 Å². The number of carbonyl (C=O) groups excluding carboxylic acids is 1. The molecule has 0 radical (unpaired) electrons. The average molecular weight is 372 g/mol. The Bertz CT molecular complexity index is 866. The molecule has 1 amide bonds. The van der Waals surface area contributed by atoms with Crippen molar-refractivity contribution in [3.05, 3.63) is 54.1 Å². The molecule has 0 saturated carbocycles. The molecule has 0 bridgehead atoms. The minimum absolute atomic E-state index is 0.0901. The van der Waals surface area contributed by atoms with Gasteiger partial charge in [-0.25, -0.2) is 8.42 Å². The summed E-state index contributed by atoms with van der Waals surface area (Å²) >= 11 is 0. The molecule has 3 rings (SSSR count). The van der Waals surface area contributed by atoms with Crippen LogP contribution in [0.1, 0.15) is 37.0 Å². The van der Waals surface area contributed by atoms with E-state index in [1.807, 2.05) is 38.1 Å². The zero-order valence-corrected chi connectivity index (χ0v) is 15.9. The molecule has 1 aliphatic rings. The standard InChI is InChI=1S/C20H24N2O3S/c1-15(2)21-20(23)18-7-5-16(6-8-18)17-9-11-19(12-10-17)26(24,25)22-13-3-4-14-22/h5-12,15H,3-4,13-14H2,1-2H3,(H,21,23). The number of carbonyl (C=O) groups is 1. The average Bonchev–Trinajstić information content (AvgIpc) is 3.17. The number of rotatable bonds is 5. The number of sulfonamides is 1. The van der Waals surface area contributed by atoms with E-state index in [1.54, 1.807) is 28.6 Å². The van der Waals surface area contributed by atoms with E-state index >= 15 is 0 Å². The van der Waals surface area contributed by atoms with Crippen LogP contribution in [0.15, 0.2) is 53.4 Å². The zero-order valence-electron chi connectivity index (χ0n) is 15.1. The quantitative estimate of drug-likeness (QED) is 0.876. The summed E-state index contributed by atoms with van der Waals surface area (Å²) in [7, 11) is -3.39. The van der Waals surface area contributed by atoms with Crippen LogP contribution in [0.25, 0.3) is 11.1 Å². The van der Waals surface area contributed by atoms with Crippen molar-refractivity contribution in [3.8, 4) is 11.1 Å². The summed E-state index contributed by atoms with van der Waals surface area (Å²) in [6.07, 6.45) is 1.85. The van der Waals surface area contributed by atoms with Gasteiger partial charge in [0.25, 0.3) is 5.91 Å². The molecule has 6 heteroatoms. The first-order valence-corrected chi connectivity index (χ1v) is 10.3. The van der Waals surface area contributed by atoms with Crippen molar-refractivity contribution in [1.82, 2.24) is 9.62 Å². The van der Waals surface area contributed by atoms with Crippen LogP contribution in [-0.4, -0.2) is 37.8 Å². The molecule has 1 N–H and O–H groups in total. The number of nitrogens with one attached hydrogen (secondary N) is 1. The van der Waals surface area contributed by atoms with Crippen LogP contribution in [0.5, 0.6) is 0 Å². The molecule has 138 valence electrons. The van der Waals surface area contributed by atoms with E-state index in [0.29, 0.717) is 23.5 Å². The fourth-order valence-electron chi connectivity index (χ4n) is 3.06. The van der Waals surface area contributed by atoms with Crippen LogP contribution >= 0.6 is 0 Å². The van der Waals surface area contributed by atoms with E-state index < -0.39 is 10.0 Å². The van der Waals surface area contributed by atoms with Crippen LogP contribution in [-0.2, 0) is 10.0 Å². The van der Waals surface area contributed by atoms with E-state index in [0.717, 1.165) is 24.0 Å². The molecule has 1 fully saturated rings. The lowest BCUT2D eigenvalue weighted by atomic mass is 10.0. The van der Waals surface area contributed by atoms with Crippen molar-refractivity contribution in [1.29, 1.82) is 0 Å². The molecule has 0 aromatic heterocycles. The highest BCUT2D eigenvalue weighted by Gasteiger charge is 2.26. The van der Waals surface area contributed by atoms with Crippen molar-refractivity contribution >= 4 is 15.9 Å². The Balaban J connectivity index is 1.77. The first-order valence-electron chi connectivity index (χ1n) is 8.89. The second kappa shape index (κ2) is 7.60. The van der Waals surface area contributed by atoms with Crippen LogP contribution in [0.4, 0.5) is 0 Å². The number of hydrogen-bond acceptors (Lipinski definition) is 3. The molecule has 5 nitrogen and oxygen atoms in total. The van der Waals surface area contributed by atoms with Gasteiger partial charge in [0.05, 0.1) is 4.90 Å². The Morgan fingerprint density at radius 1 is 0.923 bits per heavy atom. The number of nitrogens with zero attached hydrogens (tertiary/aromatic N) is 1. The Labute approximate surface area is 155 Å². The lowest BCUT2D eigenvalue weighted by Gasteiger charge is -2.15. The maximum atomic E-state index is 12.6. The predicted molar refractivity (Wildman–Crippen MR) is 102 cm³/mol. The third-order valence-electron chi connectivity index (χ3n) is 4.46. The maximum absolute atomic E-state index is 12.6. The normalized spacial score (nSPS) is 15.3. The maximum Gasteiger partial charge on any atom is 0.251 e. The third-order valence-corrected chi connectivity index (χ3v) is 6.37. The van der Waals surface area contributed by atoms with E-state index in [4.69, 9.17) is 0 Å². The van der Waals surface area contributed by atoms with Gasteiger partial charge in [0.1, 0.15) is 0 Å². The summed E-state index contributed by atoms with van der Waals surface area (Å²) in [5.41, 5.74) is 2.47. The number of benzene rings is 2. The molecule has 2 aromatic carbocycles. The monoisotopic (exact) mass is 372 g/mol. The summed E-state index contributed by atoms with van der Waals surface area (Å²) in [5, 5.41) is 2.86. The van der Waals surface area contributed by atoms with E-state index in [2.05, 4.69) is 5.32 Å². The number of hydrogen-bond donors (Lipinski definition) is 1. The summed E-state index contributed by atoms with van der Waals surface area (Å²) in [5.74, 6) is -0.0985. The van der Waals surface area contributed by atoms with Gasteiger partial charge < -0.3 is 5.32 Å². The summed E-state index contributed by atoms with van der Waals surface area (Å²) in [6.45, 7) is 5.04. The summed E-state index contributed by atoms with van der Waals surface area (Å²) in [4.78, 5) is 12.3. The van der Waals surface area contributed by atoms with Gasteiger partial charge in [0.15, 0.2) is 0 Å². The minimum Gasteiger partial charge on any atom is -0.350 e. The first kappa shape index (κ1) is 18.6. The van der Waals surface area contributed by atoms with Crippen molar-refractivity contribution < 1.29 is 13.2 Å². The van der Waals surface area contributed by atoms with Gasteiger partial charge in [-0.3, -0.25) is 4.79 Å². The highest BCUT2D eigenvalue weighted by Crippen LogP contribution is 2.25. The molecule has 0 atom stereocenters. The molecule has 1 heterocycles. The minimum atomic E-state index is -3.39. The molecule has 2 aromatic rings. The summed E-state index contributed by atoms with van der Waals surface area (Å²) in [6, 6.07) is 14.3. The molecule has 0 unspecified atom stereocenters. The van der Waals surface area contributed by atoms with Crippen LogP contribution in [0, 0.1) is 0 Å². The third kappa shape index (κ3) is 3.97. The van der Waals surface area contributed by atoms with Gasteiger partial charge in [0.2, 0.25) is 10.0 Å². The van der Waals surface area contributed by atoms with E-state index in [-0.39, 0.29) is 11.9 Å². The van der Waals surface area contributed by atoms with Crippen molar-refractivity contribution in [3.63, 3.8) is 0 Å². The molecular formula is C20H24N2O3S.